The van der Waals surface area contributed by atoms with Gasteiger partial charge < -0.3 is 10.4 Å². The Morgan fingerprint density at radius 3 is 2.65 bits per heavy atom. The number of aryl methyl sites for hydroxylation is 1. The first kappa shape index (κ1) is 13.9. The van der Waals surface area contributed by atoms with Gasteiger partial charge in [0.1, 0.15) is 6.33 Å². The Morgan fingerprint density at radius 2 is 2.00 bits per heavy atom. The highest BCUT2D eigenvalue weighted by molar-refractivity contribution is 5.87. The Morgan fingerprint density at radius 1 is 1.30 bits per heavy atom. The number of nitrogens with zero attached hydrogens (tertiary/aromatic N) is 2. The monoisotopic (exact) mass is 275 g/mol. The molecule has 0 aliphatic rings. The van der Waals surface area contributed by atoms with Crippen LogP contribution in [0.2, 0.25) is 0 Å². The summed E-state index contributed by atoms with van der Waals surface area (Å²) in [4.78, 5) is 18.3. The van der Waals surface area contributed by atoms with Crippen LogP contribution in [0.5, 0.6) is 0 Å². The molecule has 0 unspecified atom stereocenters. The van der Waals surface area contributed by atoms with Crippen LogP contribution in [0.4, 0.5) is 10.2 Å². The predicted octanol–water partition coefficient (Wildman–Crippen LogP) is 2.28. The van der Waals surface area contributed by atoms with E-state index in [0.717, 1.165) is 5.56 Å². The summed E-state index contributed by atoms with van der Waals surface area (Å²) in [6.45, 7) is 2.08. The number of carboxylic acid groups (broad SMARTS) is 1. The average Bonchev–Trinajstić information content (AvgIpc) is 2.44. The summed E-state index contributed by atoms with van der Waals surface area (Å²) in [5.74, 6) is -1.22. The molecule has 2 rings (SSSR count). The van der Waals surface area contributed by atoms with Gasteiger partial charge in [0.05, 0.1) is 11.3 Å². The predicted molar refractivity (Wildman–Crippen MR) is 72.3 cm³/mol. The molecule has 0 radical (unpaired) electrons. The molecule has 104 valence electrons. The van der Waals surface area contributed by atoms with Crippen LogP contribution >= 0.6 is 0 Å². The van der Waals surface area contributed by atoms with Crippen LogP contribution in [0.15, 0.2) is 30.6 Å². The zero-order valence-corrected chi connectivity index (χ0v) is 10.9. The summed E-state index contributed by atoms with van der Waals surface area (Å²) < 4.78 is 13.6. The molecule has 0 spiro atoms. The summed E-state index contributed by atoms with van der Waals surface area (Å²) in [6.07, 6.45) is 1.95. The standard InChI is InChI=1S/C14H14FN3O2/c1-9-12(15)13(18-8-17-9)16-7-6-10-2-4-11(5-3-10)14(19)20/h2-5,8H,6-7H2,1H3,(H,19,20)(H,16,17,18). The van der Waals surface area contributed by atoms with Gasteiger partial charge in [-0.05, 0) is 31.0 Å². The van der Waals surface area contributed by atoms with Crippen LogP contribution in [0.1, 0.15) is 21.6 Å². The molecule has 0 aliphatic carbocycles. The number of benzene rings is 1. The largest absolute Gasteiger partial charge is 0.478 e. The summed E-state index contributed by atoms with van der Waals surface area (Å²) in [5.41, 5.74) is 1.51. The fourth-order valence-corrected chi connectivity index (χ4v) is 1.72. The van der Waals surface area contributed by atoms with Gasteiger partial charge in [0, 0.05) is 6.54 Å². The smallest absolute Gasteiger partial charge is 0.335 e. The number of halogens is 1. The number of carboxylic acids is 1. The molecule has 0 fully saturated rings. The number of aromatic carboxylic acids is 1. The SMILES string of the molecule is Cc1ncnc(NCCc2ccc(C(=O)O)cc2)c1F. The van der Waals surface area contributed by atoms with Crippen molar-refractivity contribution in [1.29, 1.82) is 0 Å². The quantitative estimate of drug-likeness (QED) is 0.875. The highest BCUT2D eigenvalue weighted by Gasteiger charge is 2.07. The van der Waals surface area contributed by atoms with Crippen molar-refractivity contribution in [3.05, 3.63) is 53.2 Å². The van der Waals surface area contributed by atoms with Crippen LogP contribution in [-0.4, -0.2) is 27.6 Å². The lowest BCUT2D eigenvalue weighted by Gasteiger charge is -2.07. The molecule has 0 atom stereocenters. The highest BCUT2D eigenvalue weighted by Crippen LogP contribution is 2.12. The van der Waals surface area contributed by atoms with E-state index >= 15 is 0 Å². The van der Waals surface area contributed by atoms with E-state index in [-0.39, 0.29) is 11.4 Å². The molecule has 0 aliphatic heterocycles. The van der Waals surface area contributed by atoms with Gasteiger partial charge in [0.15, 0.2) is 11.6 Å². The van der Waals surface area contributed by atoms with Crippen molar-refractivity contribution < 1.29 is 14.3 Å². The third-order valence-corrected chi connectivity index (χ3v) is 2.87. The second kappa shape index (κ2) is 6.10. The Labute approximate surface area is 115 Å². The lowest BCUT2D eigenvalue weighted by Crippen LogP contribution is -2.09. The van der Waals surface area contributed by atoms with Crippen molar-refractivity contribution >= 4 is 11.8 Å². The van der Waals surface area contributed by atoms with Crippen molar-refractivity contribution in [3.8, 4) is 0 Å². The first-order chi connectivity index (χ1) is 9.58. The maximum atomic E-state index is 13.6. The van der Waals surface area contributed by atoms with E-state index in [1.54, 1.807) is 31.2 Å². The Hall–Kier alpha value is -2.50. The Bertz CT molecular complexity index is 614. The number of rotatable bonds is 5. The molecule has 20 heavy (non-hydrogen) atoms. The second-order valence-electron chi connectivity index (χ2n) is 4.30. The number of nitrogens with one attached hydrogen (secondary N) is 1. The Kier molecular flexibility index (Phi) is 4.24. The number of aromatic nitrogens is 2. The molecule has 1 heterocycles. The van der Waals surface area contributed by atoms with E-state index in [2.05, 4.69) is 15.3 Å². The molecule has 2 aromatic rings. The summed E-state index contributed by atoms with van der Waals surface area (Å²) >= 11 is 0. The minimum atomic E-state index is -0.951. The van der Waals surface area contributed by atoms with Gasteiger partial charge in [-0.2, -0.15) is 0 Å². The van der Waals surface area contributed by atoms with Gasteiger partial charge in [0.2, 0.25) is 0 Å². The number of anilines is 1. The van der Waals surface area contributed by atoms with E-state index in [9.17, 15) is 9.18 Å². The lowest BCUT2D eigenvalue weighted by molar-refractivity contribution is 0.0697. The topological polar surface area (TPSA) is 75.1 Å². The molecular formula is C14H14FN3O2. The lowest BCUT2D eigenvalue weighted by atomic mass is 10.1. The maximum Gasteiger partial charge on any atom is 0.335 e. The number of hydrogen-bond donors (Lipinski definition) is 2. The van der Waals surface area contributed by atoms with E-state index in [0.29, 0.717) is 18.7 Å². The van der Waals surface area contributed by atoms with Gasteiger partial charge >= 0.3 is 5.97 Å². The molecule has 1 aromatic heterocycles. The van der Waals surface area contributed by atoms with E-state index < -0.39 is 11.8 Å². The van der Waals surface area contributed by atoms with Crippen molar-refractivity contribution in [2.45, 2.75) is 13.3 Å². The third-order valence-electron chi connectivity index (χ3n) is 2.87. The van der Waals surface area contributed by atoms with Gasteiger partial charge in [-0.25, -0.2) is 19.2 Å². The number of hydrogen-bond acceptors (Lipinski definition) is 4. The van der Waals surface area contributed by atoms with Crippen LogP contribution in [0, 0.1) is 12.7 Å². The second-order valence-corrected chi connectivity index (χ2v) is 4.30. The van der Waals surface area contributed by atoms with E-state index in [1.807, 2.05) is 0 Å². The molecule has 0 bridgehead atoms. The van der Waals surface area contributed by atoms with Crippen LogP contribution in [0.25, 0.3) is 0 Å². The molecular weight excluding hydrogens is 261 g/mol. The van der Waals surface area contributed by atoms with Gasteiger partial charge in [-0.1, -0.05) is 12.1 Å². The summed E-state index contributed by atoms with van der Waals surface area (Å²) in [6, 6.07) is 6.58. The zero-order valence-electron chi connectivity index (χ0n) is 10.9. The van der Waals surface area contributed by atoms with Crippen molar-refractivity contribution in [2.24, 2.45) is 0 Å². The van der Waals surface area contributed by atoms with Gasteiger partial charge in [-0.3, -0.25) is 0 Å². The molecule has 5 nitrogen and oxygen atoms in total. The van der Waals surface area contributed by atoms with Gasteiger partial charge in [-0.15, -0.1) is 0 Å². The average molecular weight is 275 g/mol. The van der Waals surface area contributed by atoms with Crippen LogP contribution < -0.4 is 5.32 Å². The first-order valence-electron chi connectivity index (χ1n) is 6.11. The third kappa shape index (κ3) is 3.28. The van der Waals surface area contributed by atoms with Crippen LogP contribution in [-0.2, 0) is 6.42 Å². The normalized spacial score (nSPS) is 10.3. The fourth-order valence-electron chi connectivity index (χ4n) is 1.72. The van der Waals surface area contributed by atoms with Crippen LogP contribution in [0.3, 0.4) is 0 Å². The minimum absolute atomic E-state index is 0.180. The number of carbonyl (C=O) groups is 1. The molecule has 0 saturated carbocycles. The maximum absolute atomic E-state index is 13.6. The zero-order chi connectivity index (χ0) is 14.5. The minimum Gasteiger partial charge on any atom is -0.478 e. The van der Waals surface area contributed by atoms with Crippen molar-refractivity contribution in [1.82, 2.24) is 9.97 Å². The summed E-state index contributed by atoms with van der Waals surface area (Å²) in [7, 11) is 0. The van der Waals surface area contributed by atoms with E-state index in [4.69, 9.17) is 5.11 Å². The van der Waals surface area contributed by atoms with E-state index in [1.165, 1.54) is 6.33 Å². The fraction of sp³-hybridized carbons (Fsp3) is 0.214. The van der Waals surface area contributed by atoms with Crippen molar-refractivity contribution in [3.63, 3.8) is 0 Å². The molecule has 2 N–H and O–H groups in total. The molecule has 1 aromatic carbocycles. The van der Waals surface area contributed by atoms with Gasteiger partial charge in [0.25, 0.3) is 0 Å². The molecule has 0 saturated heterocycles. The Balaban J connectivity index is 1.92. The molecule has 6 heteroatoms. The highest BCUT2D eigenvalue weighted by atomic mass is 19.1. The first-order valence-corrected chi connectivity index (χ1v) is 6.11. The summed E-state index contributed by atoms with van der Waals surface area (Å²) in [5, 5.41) is 11.7. The van der Waals surface area contributed by atoms with Crippen molar-refractivity contribution in [2.75, 3.05) is 11.9 Å². The molecule has 0 amide bonds.